The van der Waals surface area contributed by atoms with Crippen LogP contribution < -0.4 is 5.43 Å². The standard InChI is InChI=1S/C9H10N5O5P/c15-14(16)8-3-1-7(2-4-8)9(20(17,18)19)12-13-5-10-11-6-13/h1-6,9,12H,(H2,17,18,19)/t9-/m0/s1. The van der Waals surface area contributed by atoms with Crippen LogP contribution in [0.1, 0.15) is 11.3 Å². The molecule has 0 saturated carbocycles. The highest BCUT2D eigenvalue weighted by Crippen LogP contribution is 2.50. The zero-order valence-electron chi connectivity index (χ0n) is 9.90. The first-order chi connectivity index (χ1) is 9.38. The number of non-ortho nitro benzene ring substituents is 1. The van der Waals surface area contributed by atoms with Gasteiger partial charge >= 0.3 is 7.60 Å². The zero-order valence-corrected chi connectivity index (χ0v) is 10.8. The second-order valence-corrected chi connectivity index (χ2v) is 5.53. The highest BCUT2D eigenvalue weighted by Gasteiger charge is 2.31. The van der Waals surface area contributed by atoms with E-state index < -0.39 is 18.3 Å². The number of aromatic nitrogens is 3. The molecular formula is C9H10N5O5P. The van der Waals surface area contributed by atoms with Gasteiger partial charge in [0, 0.05) is 12.1 Å². The second kappa shape index (κ2) is 5.37. The molecule has 106 valence electrons. The van der Waals surface area contributed by atoms with Crippen LogP contribution in [0.4, 0.5) is 5.69 Å². The van der Waals surface area contributed by atoms with Gasteiger partial charge in [-0.2, -0.15) is 0 Å². The van der Waals surface area contributed by atoms with E-state index in [-0.39, 0.29) is 11.3 Å². The van der Waals surface area contributed by atoms with Gasteiger partial charge < -0.3 is 15.2 Å². The third kappa shape index (κ3) is 3.18. The molecule has 0 aliphatic carbocycles. The lowest BCUT2D eigenvalue weighted by molar-refractivity contribution is -0.384. The van der Waals surface area contributed by atoms with Crippen molar-refractivity contribution in [2.45, 2.75) is 5.78 Å². The van der Waals surface area contributed by atoms with Gasteiger partial charge in [0.2, 0.25) is 0 Å². The minimum absolute atomic E-state index is 0.164. The number of hydrogen-bond donors (Lipinski definition) is 3. The Hall–Kier alpha value is -2.29. The molecule has 11 heteroatoms. The first-order valence-corrected chi connectivity index (χ1v) is 6.97. The summed E-state index contributed by atoms with van der Waals surface area (Å²) in [5, 5.41) is 17.5. The maximum atomic E-state index is 11.5. The molecule has 0 spiro atoms. The summed E-state index contributed by atoms with van der Waals surface area (Å²) in [5.74, 6) is -1.36. The van der Waals surface area contributed by atoms with Crippen LogP contribution in [0.15, 0.2) is 36.9 Å². The summed E-state index contributed by atoms with van der Waals surface area (Å²) < 4.78 is 12.7. The maximum Gasteiger partial charge on any atom is 0.353 e. The molecule has 2 aromatic rings. The Balaban J connectivity index is 2.31. The van der Waals surface area contributed by atoms with Crippen LogP contribution >= 0.6 is 7.60 Å². The van der Waals surface area contributed by atoms with Gasteiger partial charge in [0.05, 0.1) is 4.92 Å². The van der Waals surface area contributed by atoms with E-state index in [1.54, 1.807) is 0 Å². The van der Waals surface area contributed by atoms with Gasteiger partial charge in [0.15, 0.2) is 5.78 Å². The Morgan fingerprint density at radius 1 is 1.25 bits per heavy atom. The highest BCUT2D eigenvalue weighted by atomic mass is 31.2. The number of nitrogens with zero attached hydrogens (tertiary/aromatic N) is 4. The van der Waals surface area contributed by atoms with Crippen molar-refractivity contribution < 1.29 is 19.3 Å². The summed E-state index contributed by atoms with van der Waals surface area (Å²) in [5.41, 5.74) is 2.56. The molecule has 20 heavy (non-hydrogen) atoms. The smallest absolute Gasteiger partial charge is 0.323 e. The van der Waals surface area contributed by atoms with Crippen LogP contribution in [-0.2, 0) is 4.57 Å². The summed E-state index contributed by atoms with van der Waals surface area (Å²) in [6.07, 6.45) is 2.46. The Labute approximate surface area is 112 Å². The number of benzene rings is 1. The third-order valence-electron chi connectivity index (χ3n) is 2.45. The largest absolute Gasteiger partial charge is 0.353 e. The van der Waals surface area contributed by atoms with E-state index >= 15 is 0 Å². The molecule has 1 aromatic carbocycles. The molecule has 1 heterocycles. The molecular weight excluding hydrogens is 289 g/mol. The van der Waals surface area contributed by atoms with Crippen molar-refractivity contribution in [3.05, 3.63) is 52.6 Å². The normalized spacial score (nSPS) is 12.9. The summed E-state index contributed by atoms with van der Waals surface area (Å²) in [6.45, 7) is 0. The minimum atomic E-state index is -4.54. The summed E-state index contributed by atoms with van der Waals surface area (Å²) >= 11 is 0. The van der Waals surface area contributed by atoms with Gasteiger partial charge in [-0.1, -0.05) is 0 Å². The Bertz CT molecular complexity index is 637. The zero-order chi connectivity index (χ0) is 14.8. The first kappa shape index (κ1) is 14.1. The predicted molar refractivity (Wildman–Crippen MR) is 67.3 cm³/mol. The topological polar surface area (TPSA) is 143 Å². The molecule has 0 saturated heterocycles. The molecule has 10 nitrogen and oxygen atoms in total. The SMILES string of the molecule is O=[N+]([O-])c1ccc([C@@H](Nn2cnnc2)P(=O)(O)O)cc1. The molecule has 0 bridgehead atoms. The van der Waals surface area contributed by atoms with Crippen molar-refractivity contribution in [2.75, 3.05) is 5.43 Å². The number of nitro groups is 1. The van der Waals surface area contributed by atoms with Gasteiger partial charge in [-0.05, 0) is 17.7 Å². The second-order valence-electron chi connectivity index (χ2n) is 3.84. The van der Waals surface area contributed by atoms with Crippen molar-refractivity contribution in [3.63, 3.8) is 0 Å². The van der Waals surface area contributed by atoms with Crippen molar-refractivity contribution in [2.24, 2.45) is 0 Å². The average molecular weight is 299 g/mol. The van der Waals surface area contributed by atoms with Gasteiger partial charge in [0.25, 0.3) is 5.69 Å². The van der Waals surface area contributed by atoms with Crippen molar-refractivity contribution in [3.8, 4) is 0 Å². The number of nitro benzene ring substituents is 1. The fourth-order valence-corrected chi connectivity index (χ4v) is 2.38. The molecule has 0 amide bonds. The van der Waals surface area contributed by atoms with Crippen LogP contribution in [0.5, 0.6) is 0 Å². The van der Waals surface area contributed by atoms with Gasteiger partial charge in [-0.15, -0.1) is 10.2 Å². The lowest BCUT2D eigenvalue weighted by Crippen LogP contribution is -2.20. The number of nitrogens with one attached hydrogen (secondary N) is 1. The molecule has 1 aromatic heterocycles. The quantitative estimate of drug-likeness (QED) is 0.414. The number of hydrogen-bond acceptors (Lipinski definition) is 6. The first-order valence-electron chi connectivity index (χ1n) is 5.28. The van der Waals surface area contributed by atoms with Crippen LogP contribution in [0.3, 0.4) is 0 Å². The maximum absolute atomic E-state index is 11.5. The van der Waals surface area contributed by atoms with Gasteiger partial charge in [-0.25, -0.2) is 4.68 Å². The van der Waals surface area contributed by atoms with Crippen molar-refractivity contribution in [1.82, 2.24) is 14.9 Å². The minimum Gasteiger partial charge on any atom is -0.323 e. The molecule has 1 atom stereocenters. The van der Waals surface area contributed by atoms with E-state index in [0.29, 0.717) is 0 Å². The van der Waals surface area contributed by atoms with E-state index in [1.807, 2.05) is 0 Å². The third-order valence-corrected chi connectivity index (χ3v) is 3.53. The van der Waals surface area contributed by atoms with Gasteiger partial charge in [0.1, 0.15) is 12.7 Å². The van der Waals surface area contributed by atoms with Crippen LogP contribution in [0, 0.1) is 10.1 Å². The molecule has 0 aliphatic heterocycles. The molecule has 0 unspecified atom stereocenters. The van der Waals surface area contributed by atoms with E-state index in [2.05, 4.69) is 15.6 Å². The fraction of sp³-hybridized carbons (Fsp3) is 0.111. The van der Waals surface area contributed by atoms with E-state index in [1.165, 1.54) is 41.6 Å². The summed E-state index contributed by atoms with van der Waals surface area (Å²) in [4.78, 5) is 28.7. The molecule has 0 radical (unpaired) electrons. The predicted octanol–water partition coefficient (Wildman–Crippen LogP) is 0.606. The van der Waals surface area contributed by atoms with E-state index in [9.17, 15) is 24.5 Å². The molecule has 2 rings (SSSR count). The number of rotatable bonds is 5. The Kier molecular flexibility index (Phi) is 3.79. The molecule has 3 N–H and O–H groups in total. The van der Waals surface area contributed by atoms with Crippen LogP contribution in [-0.4, -0.2) is 29.6 Å². The average Bonchev–Trinajstić information content (AvgIpc) is 2.87. The van der Waals surface area contributed by atoms with Crippen LogP contribution in [0.25, 0.3) is 0 Å². The van der Waals surface area contributed by atoms with Crippen molar-refractivity contribution >= 4 is 13.3 Å². The summed E-state index contributed by atoms with van der Waals surface area (Å²) in [7, 11) is -4.54. The fourth-order valence-electron chi connectivity index (χ4n) is 1.53. The van der Waals surface area contributed by atoms with E-state index in [4.69, 9.17) is 0 Å². The lowest BCUT2D eigenvalue weighted by Gasteiger charge is -2.21. The Morgan fingerprint density at radius 3 is 2.25 bits per heavy atom. The Morgan fingerprint density at radius 2 is 1.80 bits per heavy atom. The molecule has 0 aliphatic rings. The highest BCUT2D eigenvalue weighted by molar-refractivity contribution is 7.52. The summed E-state index contributed by atoms with van der Waals surface area (Å²) in [6, 6.07) is 4.90. The lowest BCUT2D eigenvalue weighted by atomic mass is 10.2. The monoisotopic (exact) mass is 299 g/mol. The van der Waals surface area contributed by atoms with Gasteiger partial charge in [-0.3, -0.25) is 14.7 Å². The van der Waals surface area contributed by atoms with Crippen LogP contribution in [0.2, 0.25) is 0 Å². The molecule has 0 fully saturated rings. The van der Waals surface area contributed by atoms with E-state index in [0.717, 1.165) is 0 Å². The van der Waals surface area contributed by atoms with Crippen molar-refractivity contribution in [1.29, 1.82) is 0 Å².